The molecule has 4 saturated carbocycles. The monoisotopic (exact) mass is 371 g/mol. The van der Waals surface area contributed by atoms with Gasteiger partial charge in [-0.05, 0) is 74.0 Å². The Bertz CT molecular complexity index is 684. The van der Waals surface area contributed by atoms with Crippen LogP contribution in [0.4, 0.5) is 0 Å². The van der Waals surface area contributed by atoms with Gasteiger partial charge in [0.2, 0.25) is 0 Å². The van der Waals surface area contributed by atoms with Crippen molar-refractivity contribution in [3.8, 4) is 6.07 Å². The van der Waals surface area contributed by atoms with Gasteiger partial charge in [0.15, 0.2) is 0 Å². The van der Waals surface area contributed by atoms with Crippen molar-refractivity contribution in [3.05, 3.63) is 0 Å². The molecule has 0 aromatic heterocycles. The number of Topliss-reactive ketones (excluding diaryl/α,β-unsaturated/α-hetero) is 1. The van der Waals surface area contributed by atoms with Crippen molar-refractivity contribution in [1.29, 1.82) is 5.26 Å². The second kappa shape index (κ2) is 6.88. The lowest BCUT2D eigenvalue weighted by atomic mass is 9.43. The SMILES string of the molecule is C[C@]12CCC(=NOCCN)CC1C(C#N)C[C@@H]1[C@@H]2CC[C@]2(C)C(=O)CC[C@@H]12. The van der Waals surface area contributed by atoms with Crippen LogP contribution in [0.25, 0.3) is 0 Å². The number of nitrogens with zero attached hydrogens (tertiary/aromatic N) is 2. The van der Waals surface area contributed by atoms with E-state index in [0.717, 1.165) is 57.1 Å². The zero-order chi connectivity index (χ0) is 19.2. The highest BCUT2D eigenvalue weighted by atomic mass is 16.6. The Labute approximate surface area is 162 Å². The summed E-state index contributed by atoms with van der Waals surface area (Å²) in [6.45, 7) is 5.56. The molecule has 5 nitrogen and oxygen atoms in total. The number of oxime groups is 1. The minimum atomic E-state index is -0.123. The number of hydrogen-bond acceptors (Lipinski definition) is 5. The molecule has 4 aliphatic carbocycles. The van der Waals surface area contributed by atoms with Gasteiger partial charge in [0.05, 0.1) is 17.7 Å². The first kappa shape index (κ1) is 18.9. The molecule has 0 radical (unpaired) electrons. The Balaban J connectivity index is 1.60. The van der Waals surface area contributed by atoms with Gasteiger partial charge < -0.3 is 10.6 Å². The Hall–Kier alpha value is -1.41. The molecule has 2 unspecified atom stereocenters. The van der Waals surface area contributed by atoms with Crippen LogP contribution in [0.1, 0.15) is 65.2 Å². The van der Waals surface area contributed by atoms with E-state index >= 15 is 0 Å². The third kappa shape index (κ3) is 2.83. The summed E-state index contributed by atoms with van der Waals surface area (Å²) >= 11 is 0. The van der Waals surface area contributed by atoms with Crippen LogP contribution in [0, 0.1) is 51.8 Å². The van der Waals surface area contributed by atoms with E-state index in [1.807, 2.05) is 0 Å². The lowest BCUT2D eigenvalue weighted by Crippen LogP contribution is -2.56. The van der Waals surface area contributed by atoms with E-state index in [1.165, 1.54) is 0 Å². The molecule has 0 saturated heterocycles. The maximum absolute atomic E-state index is 12.6. The van der Waals surface area contributed by atoms with Crippen LogP contribution in [0.2, 0.25) is 0 Å². The van der Waals surface area contributed by atoms with E-state index in [4.69, 9.17) is 10.6 Å². The van der Waals surface area contributed by atoms with E-state index in [2.05, 4.69) is 25.1 Å². The second-order valence-corrected chi connectivity index (χ2v) is 9.86. The van der Waals surface area contributed by atoms with E-state index in [1.54, 1.807) is 0 Å². The molecule has 148 valence electrons. The molecule has 0 aromatic carbocycles. The van der Waals surface area contributed by atoms with Gasteiger partial charge in [0.1, 0.15) is 12.4 Å². The molecule has 4 fully saturated rings. The molecular formula is C22H33N3O2. The van der Waals surface area contributed by atoms with Crippen LogP contribution in [0.15, 0.2) is 5.16 Å². The quantitative estimate of drug-likeness (QED) is 0.605. The van der Waals surface area contributed by atoms with Crippen LogP contribution in [0.3, 0.4) is 0 Å². The standard InChI is InChI=1S/C22H33N3O2/c1-21-7-5-15(25-27-10-9-23)12-19(21)14(13-24)11-16-17-3-4-20(26)22(17,2)8-6-18(16)21/h14,16-19H,3-12,23H2,1-2H3/t14?,16-,17-,18-,19?,21+,22-/m0/s1. The maximum Gasteiger partial charge on any atom is 0.139 e. The molecular weight excluding hydrogens is 338 g/mol. The summed E-state index contributed by atoms with van der Waals surface area (Å²) in [7, 11) is 0. The summed E-state index contributed by atoms with van der Waals surface area (Å²) in [5, 5.41) is 14.3. The Kier molecular flexibility index (Phi) is 4.83. The summed E-state index contributed by atoms with van der Waals surface area (Å²) in [4.78, 5) is 17.9. The third-order valence-electron chi connectivity index (χ3n) is 8.83. The number of nitriles is 1. The largest absolute Gasteiger partial charge is 0.395 e. The van der Waals surface area contributed by atoms with Crippen molar-refractivity contribution < 1.29 is 9.63 Å². The van der Waals surface area contributed by atoms with Gasteiger partial charge in [0, 0.05) is 18.4 Å². The smallest absolute Gasteiger partial charge is 0.139 e. The van der Waals surface area contributed by atoms with Crippen LogP contribution >= 0.6 is 0 Å². The molecule has 4 rings (SSSR count). The highest BCUT2D eigenvalue weighted by Gasteiger charge is 2.62. The minimum absolute atomic E-state index is 0.0642. The van der Waals surface area contributed by atoms with Crippen molar-refractivity contribution in [2.75, 3.05) is 13.2 Å². The maximum atomic E-state index is 12.6. The van der Waals surface area contributed by atoms with Crippen LogP contribution in [0.5, 0.6) is 0 Å². The molecule has 0 bridgehead atoms. The molecule has 0 aromatic rings. The van der Waals surface area contributed by atoms with Gasteiger partial charge in [-0.25, -0.2) is 0 Å². The topological polar surface area (TPSA) is 88.5 Å². The fourth-order valence-electron chi connectivity index (χ4n) is 7.33. The summed E-state index contributed by atoms with van der Waals surface area (Å²) < 4.78 is 0. The number of carbonyl (C=O) groups is 1. The molecule has 2 N–H and O–H groups in total. The molecule has 27 heavy (non-hydrogen) atoms. The molecule has 0 aliphatic heterocycles. The van der Waals surface area contributed by atoms with Crippen molar-refractivity contribution in [2.24, 2.45) is 51.3 Å². The van der Waals surface area contributed by atoms with Crippen molar-refractivity contribution in [1.82, 2.24) is 0 Å². The summed E-state index contributed by atoms with van der Waals surface area (Å²) in [6, 6.07) is 2.65. The zero-order valence-corrected chi connectivity index (χ0v) is 16.7. The number of ketones is 1. The predicted molar refractivity (Wildman–Crippen MR) is 104 cm³/mol. The first-order chi connectivity index (χ1) is 12.9. The number of nitrogens with two attached hydrogens (primary N) is 1. The van der Waals surface area contributed by atoms with Gasteiger partial charge in [-0.15, -0.1) is 0 Å². The molecule has 0 amide bonds. The number of carbonyl (C=O) groups excluding carboxylic acids is 1. The van der Waals surface area contributed by atoms with Gasteiger partial charge in [-0.1, -0.05) is 19.0 Å². The van der Waals surface area contributed by atoms with E-state index in [-0.39, 0.29) is 16.7 Å². The highest BCUT2D eigenvalue weighted by molar-refractivity contribution is 5.87. The molecule has 5 heteroatoms. The average Bonchev–Trinajstić information content (AvgIpc) is 2.96. The van der Waals surface area contributed by atoms with Gasteiger partial charge in [-0.3, -0.25) is 4.79 Å². The van der Waals surface area contributed by atoms with Gasteiger partial charge >= 0.3 is 0 Å². The van der Waals surface area contributed by atoms with Gasteiger partial charge in [0.25, 0.3) is 0 Å². The molecule has 0 spiro atoms. The van der Waals surface area contributed by atoms with E-state index < -0.39 is 0 Å². The first-order valence-electron chi connectivity index (χ1n) is 10.7. The summed E-state index contributed by atoms with van der Waals surface area (Å²) in [5.41, 5.74) is 6.65. The zero-order valence-electron chi connectivity index (χ0n) is 16.7. The number of rotatable bonds is 3. The van der Waals surface area contributed by atoms with E-state index in [9.17, 15) is 10.1 Å². The third-order valence-corrected chi connectivity index (χ3v) is 8.83. The minimum Gasteiger partial charge on any atom is -0.395 e. The molecule has 4 aliphatic rings. The average molecular weight is 372 g/mol. The van der Waals surface area contributed by atoms with Crippen LogP contribution < -0.4 is 5.73 Å². The van der Waals surface area contributed by atoms with Crippen LogP contribution in [-0.4, -0.2) is 24.6 Å². The van der Waals surface area contributed by atoms with E-state index in [0.29, 0.717) is 42.6 Å². The summed E-state index contributed by atoms with van der Waals surface area (Å²) in [5.74, 6) is 2.56. The summed E-state index contributed by atoms with van der Waals surface area (Å²) in [6.07, 6.45) is 7.85. The van der Waals surface area contributed by atoms with Crippen molar-refractivity contribution >= 4 is 11.5 Å². The Morgan fingerprint density at radius 2 is 2.04 bits per heavy atom. The molecule has 0 heterocycles. The Morgan fingerprint density at radius 1 is 1.22 bits per heavy atom. The van der Waals surface area contributed by atoms with Crippen molar-refractivity contribution in [3.63, 3.8) is 0 Å². The number of fused-ring (bicyclic) bond motifs is 5. The van der Waals surface area contributed by atoms with Crippen molar-refractivity contribution in [2.45, 2.75) is 65.2 Å². The molecule has 7 atom stereocenters. The second-order valence-electron chi connectivity index (χ2n) is 9.86. The Morgan fingerprint density at radius 3 is 2.78 bits per heavy atom. The first-order valence-corrected chi connectivity index (χ1v) is 10.7. The van der Waals surface area contributed by atoms with Gasteiger partial charge in [-0.2, -0.15) is 5.26 Å². The highest BCUT2D eigenvalue weighted by Crippen LogP contribution is 2.66. The predicted octanol–water partition coefficient (Wildman–Crippen LogP) is 3.68. The lowest BCUT2D eigenvalue weighted by molar-refractivity contribution is -0.139. The number of hydrogen-bond donors (Lipinski definition) is 1. The fourth-order valence-corrected chi connectivity index (χ4v) is 7.33. The lowest BCUT2D eigenvalue weighted by Gasteiger charge is -2.60. The fraction of sp³-hybridized carbons (Fsp3) is 0.864. The van der Waals surface area contributed by atoms with Crippen LogP contribution in [-0.2, 0) is 9.63 Å². The normalized spacial score (nSPS) is 47.7.